The summed E-state index contributed by atoms with van der Waals surface area (Å²) in [6.45, 7) is 23.9. The lowest BCUT2D eigenvalue weighted by Crippen LogP contribution is -1.82. The van der Waals surface area contributed by atoms with Crippen LogP contribution in [0.15, 0.2) is 64.8 Å². The number of carboxylic acid groups (broad SMARTS) is 2. The van der Waals surface area contributed by atoms with Crippen molar-refractivity contribution in [3.63, 3.8) is 0 Å². The quantitative estimate of drug-likeness (QED) is 0.563. The van der Waals surface area contributed by atoms with Gasteiger partial charge in [-0.05, 0) is 0 Å². The first kappa shape index (κ1) is 29.2. The zero-order chi connectivity index (χ0) is 14.6. The molecule has 2 N–H and O–H groups in total. The molecule has 0 fully saturated rings. The Balaban J connectivity index is -0.0000000345. The highest BCUT2D eigenvalue weighted by Crippen LogP contribution is 1.55. The highest BCUT2D eigenvalue weighted by Gasteiger charge is 1.73. The molecule has 0 spiro atoms. The molecule has 0 amide bonds. The van der Waals surface area contributed by atoms with Crippen molar-refractivity contribution in [2.45, 2.75) is 0 Å². The first-order valence-electron chi connectivity index (χ1n) is 3.75. The molecule has 0 unspecified atom stereocenters. The van der Waals surface area contributed by atoms with Gasteiger partial charge in [0.15, 0.2) is 0 Å². The molecule has 0 bridgehead atoms. The highest BCUT2D eigenvalue weighted by molar-refractivity contribution is 5.79. The van der Waals surface area contributed by atoms with Crippen molar-refractivity contribution >= 4 is 11.9 Å². The zero-order valence-corrected chi connectivity index (χ0v) is 9.52. The largest absolute Gasteiger partial charge is 0.478 e. The third kappa shape index (κ3) is 490. The number of carbonyl (C=O) groups is 2. The predicted molar refractivity (Wildman–Crippen MR) is 69.4 cm³/mol. The molecule has 0 aliphatic carbocycles. The molecule has 0 aromatic rings. The van der Waals surface area contributed by atoms with Crippen molar-refractivity contribution in [1.29, 1.82) is 0 Å². The van der Waals surface area contributed by atoms with Crippen molar-refractivity contribution in [1.82, 2.24) is 0 Å². The fourth-order valence-electron chi connectivity index (χ4n) is 0. The predicted octanol–water partition coefficient (Wildman–Crippen LogP) is 2.92. The average molecular weight is 228 g/mol. The SMILES string of the molecule is C=C.C=C.C=C.C=CC(=O)O.C=CC(=O)O. The van der Waals surface area contributed by atoms with E-state index in [9.17, 15) is 9.59 Å². The topological polar surface area (TPSA) is 74.6 Å². The van der Waals surface area contributed by atoms with Gasteiger partial charge in [-0.3, -0.25) is 0 Å². The van der Waals surface area contributed by atoms with Gasteiger partial charge in [0.05, 0.1) is 0 Å². The minimum Gasteiger partial charge on any atom is -0.478 e. The number of aliphatic carboxylic acids is 2. The van der Waals surface area contributed by atoms with E-state index >= 15 is 0 Å². The summed E-state index contributed by atoms with van der Waals surface area (Å²) >= 11 is 0. The highest BCUT2D eigenvalue weighted by atomic mass is 16.4. The smallest absolute Gasteiger partial charge is 0.327 e. The van der Waals surface area contributed by atoms with Crippen molar-refractivity contribution < 1.29 is 19.8 Å². The van der Waals surface area contributed by atoms with Crippen LogP contribution < -0.4 is 0 Å². The van der Waals surface area contributed by atoms with Gasteiger partial charge in [0, 0.05) is 12.2 Å². The van der Waals surface area contributed by atoms with Crippen LogP contribution in [0.4, 0.5) is 0 Å². The summed E-state index contributed by atoms with van der Waals surface area (Å²) in [5.74, 6) is -1.96. The van der Waals surface area contributed by atoms with Gasteiger partial charge in [-0.15, -0.1) is 39.5 Å². The van der Waals surface area contributed by atoms with Crippen LogP contribution in [-0.4, -0.2) is 22.2 Å². The first-order valence-corrected chi connectivity index (χ1v) is 3.75. The molecule has 16 heavy (non-hydrogen) atoms. The van der Waals surface area contributed by atoms with Gasteiger partial charge in [-0.1, -0.05) is 13.2 Å². The molecule has 0 radical (unpaired) electrons. The van der Waals surface area contributed by atoms with Gasteiger partial charge in [0.25, 0.3) is 0 Å². The van der Waals surface area contributed by atoms with E-state index in [0.29, 0.717) is 0 Å². The Morgan fingerprint density at radius 2 is 0.750 bits per heavy atom. The summed E-state index contributed by atoms with van der Waals surface area (Å²) in [6, 6.07) is 0. The number of rotatable bonds is 2. The zero-order valence-electron chi connectivity index (χ0n) is 9.52. The molecule has 0 saturated heterocycles. The molecule has 0 heterocycles. The Morgan fingerprint density at radius 3 is 0.750 bits per heavy atom. The summed E-state index contributed by atoms with van der Waals surface area (Å²) in [7, 11) is 0. The van der Waals surface area contributed by atoms with Gasteiger partial charge in [0.2, 0.25) is 0 Å². The molecular weight excluding hydrogens is 208 g/mol. The number of hydrogen-bond donors (Lipinski definition) is 2. The first-order chi connectivity index (χ1) is 7.54. The number of carboxylic acids is 2. The van der Waals surface area contributed by atoms with Crippen molar-refractivity contribution in [3.8, 4) is 0 Å². The van der Waals surface area contributed by atoms with Gasteiger partial charge in [-0.2, -0.15) is 0 Å². The summed E-state index contributed by atoms with van der Waals surface area (Å²) in [4.78, 5) is 18.5. The van der Waals surface area contributed by atoms with Gasteiger partial charge < -0.3 is 10.2 Å². The summed E-state index contributed by atoms with van der Waals surface area (Å²) < 4.78 is 0. The van der Waals surface area contributed by atoms with Crippen molar-refractivity contribution in [3.05, 3.63) is 64.8 Å². The molecule has 0 saturated carbocycles. The molecular formula is C12H20O4. The Bertz CT molecular complexity index is 163. The van der Waals surface area contributed by atoms with Crippen LogP contribution in [0.5, 0.6) is 0 Å². The Hall–Kier alpha value is -2.36. The van der Waals surface area contributed by atoms with Gasteiger partial charge in [0.1, 0.15) is 0 Å². The lowest BCUT2D eigenvalue weighted by molar-refractivity contribution is -0.132. The molecule has 0 aliphatic heterocycles. The second-order valence-corrected chi connectivity index (χ2v) is 1.08. The lowest BCUT2D eigenvalue weighted by Gasteiger charge is -1.64. The van der Waals surface area contributed by atoms with Gasteiger partial charge >= 0.3 is 11.9 Å². The van der Waals surface area contributed by atoms with E-state index < -0.39 is 11.9 Å². The van der Waals surface area contributed by atoms with Crippen molar-refractivity contribution in [2.24, 2.45) is 0 Å². The molecule has 92 valence electrons. The van der Waals surface area contributed by atoms with Crippen LogP contribution >= 0.6 is 0 Å². The molecule has 0 aliphatic rings. The maximum atomic E-state index is 9.25. The Morgan fingerprint density at radius 1 is 0.688 bits per heavy atom. The minimum absolute atomic E-state index is 0.833. The van der Waals surface area contributed by atoms with E-state index in [1.54, 1.807) is 0 Å². The molecule has 0 aromatic heterocycles. The third-order valence-electron chi connectivity index (χ3n) is 0.349. The Labute approximate surface area is 97.2 Å². The maximum absolute atomic E-state index is 9.25. The third-order valence-corrected chi connectivity index (χ3v) is 0.349. The maximum Gasteiger partial charge on any atom is 0.327 e. The molecule has 4 heteroatoms. The van der Waals surface area contributed by atoms with E-state index in [-0.39, 0.29) is 0 Å². The van der Waals surface area contributed by atoms with Crippen LogP contribution in [-0.2, 0) is 9.59 Å². The minimum atomic E-state index is -0.981. The van der Waals surface area contributed by atoms with Crippen LogP contribution in [0, 0.1) is 0 Å². The summed E-state index contributed by atoms with van der Waals surface area (Å²) in [6.07, 6.45) is 1.67. The Kier molecular flexibility index (Phi) is 98.2. The fourth-order valence-corrected chi connectivity index (χ4v) is 0. The summed E-state index contributed by atoms with van der Waals surface area (Å²) in [5.41, 5.74) is 0. The normalized spacial score (nSPS) is 4.75. The van der Waals surface area contributed by atoms with Crippen LogP contribution in [0.2, 0.25) is 0 Å². The van der Waals surface area contributed by atoms with E-state index in [1.165, 1.54) is 0 Å². The van der Waals surface area contributed by atoms with Gasteiger partial charge in [-0.25, -0.2) is 9.59 Å². The van der Waals surface area contributed by atoms with E-state index in [4.69, 9.17) is 10.2 Å². The lowest BCUT2D eigenvalue weighted by atomic mass is 10.7. The molecule has 4 nitrogen and oxygen atoms in total. The van der Waals surface area contributed by atoms with Crippen LogP contribution in [0.25, 0.3) is 0 Å². The van der Waals surface area contributed by atoms with Crippen LogP contribution in [0.3, 0.4) is 0 Å². The molecule has 0 rings (SSSR count). The second-order valence-electron chi connectivity index (χ2n) is 1.08. The summed E-state index contributed by atoms with van der Waals surface area (Å²) in [5, 5.41) is 15.2. The molecule has 0 aromatic carbocycles. The van der Waals surface area contributed by atoms with E-state index in [1.807, 2.05) is 0 Å². The number of hydrogen-bond acceptors (Lipinski definition) is 2. The standard InChI is InChI=1S/2C3H4O2.3C2H4/c2*1-2-3(4)5;3*1-2/h2*2H,1H2,(H,4,5);3*1-2H2. The second kappa shape index (κ2) is 53.8. The van der Waals surface area contributed by atoms with E-state index in [0.717, 1.165) is 12.2 Å². The van der Waals surface area contributed by atoms with Crippen LogP contribution in [0.1, 0.15) is 0 Å². The monoisotopic (exact) mass is 228 g/mol. The van der Waals surface area contributed by atoms with Crippen molar-refractivity contribution in [2.75, 3.05) is 0 Å². The molecule has 0 atom stereocenters. The van der Waals surface area contributed by atoms with E-state index in [2.05, 4.69) is 52.6 Å². The average Bonchev–Trinajstić information content (AvgIpc) is 2.37. The fraction of sp³-hybridized carbons (Fsp3) is 0.